The minimum absolute atomic E-state index is 0.277. The second-order valence-corrected chi connectivity index (χ2v) is 8.23. The van der Waals surface area contributed by atoms with Crippen LogP contribution in [-0.2, 0) is 14.3 Å². The lowest BCUT2D eigenvalue weighted by atomic mass is 9.99. The molecule has 7 nitrogen and oxygen atoms in total. The number of esters is 1. The second-order valence-electron chi connectivity index (χ2n) is 8.23. The lowest BCUT2D eigenvalue weighted by molar-refractivity contribution is -0.287. The fraction of sp³-hybridized carbons (Fsp3) is 0.792. The molecule has 0 aromatic heterocycles. The average molecular weight is 443 g/mol. The number of carbonyl (C=O) groups excluding carboxylic acids is 1. The molecule has 7 heteroatoms. The number of aliphatic hydroxyl groups is 4. The van der Waals surface area contributed by atoms with E-state index in [1.165, 1.54) is 25.7 Å². The monoisotopic (exact) mass is 442 g/mol. The summed E-state index contributed by atoms with van der Waals surface area (Å²) in [5.41, 5.74) is 0. The Hall–Kier alpha value is -1.25. The number of carbonyl (C=O) groups is 1. The third-order valence-corrected chi connectivity index (χ3v) is 5.46. The van der Waals surface area contributed by atoms with Gasteiger partial charge in [0.2, 0.25) is 0 Å². The molecule has 0 radical (unpaired) electrons. The maximum Gasteiger partial charge on any atom is 0.305 e. The van der Waals surface area contributed by atoms with Gasteiger partial charge in [-0.15, -0.1) is 0 Å². The normalized spacial score (nSPS) is 26.7. The first kappa shape index (κ1) is 27.8. The first-order chi connectivity index (χ1) is 15.0. The Bertz CT molecular complexity index is 520. The van der Waals surface area contributed by atoms with Crippen molar-refractivity contribution < 1.29 is 34.7 Å². The predicted octanol–water partition coefficient (Wildman–Crippen LogP) is 3.14. The van der Waals surface area contributed by atoms with Crippen molar-refractivity contribution in [1.29, 1.82) is 0 Å². The highest BCUT2D eigenvalue weighted by atomic mass is 16.6. The van der Waals surface area contributed by atoms with Crippen molar-refractivity contribution in [2.45, 2.75) is 115 Å². The smallest absolute Gasteiger partial charge is 0.305 e. The molecule has 0 aromatic carbocycles. The zero-order valence-corrected chi connectivity index (χ0v) is 18.9. The third kappa shape index (κ3) is 12.4. The van der Waals surface area contributed by atoms with E-state index in [2.05, 4.69) is 31.2 Å². The van der Waals surface area contributed by atoms with E-state index in [9.17, 15) is 25.2 Å². The molecule has 1 saturated heterocycles. The maximum atomic E-state index is 11.8. The standard InChI is InChI=1S/C24H42O7/c1-2-3-4-5-6-7-8-9-10-11-12-13-14-15-16-17-20(25)30-18-19-21(26)22(27)23(28)24(29)31-19/h7-10,19,21-24,26-29H,2-6,11-18H2,1H3/b8-7+,10-9-/t19-,21-,22+,23-,24?/m1/s1. The van der Waals surface area contributed by atoms with E-state index < -0.39 is 36.7 Å². The summed E-state index contributed by atoms with van der Waals surface area (Å²) in [5, 5.41) is 38.3. The lowest BCUT2D eigenvalue weighted by Crippen LogP contribution is -2.58. The van der Waals surface area contributed by atoms with Crippen molar-refractivity contribution in [3.05, 3.63) is 24.3 Å². The van der Waals surface area contributed by atoms with Gasteiger partial charge in [-0.2, -0.15) is 0 Å². The largest absolute Gasteiger partial charge is 0.463 e. The van der Waals surface area contributed by atoms with E-state index >= 15 is 0 Å². The zero-order valence-electron chi connectivity index (χ0n) is 18.9. The molecule has 1 aliphatic rings. The number of hydrogen-bond donors (Lipinski definition) is 4. The van der Waals surface area contributed by atoms with Gasteiger partial charge in [-0.3, -0.25) is 4.79 Å². The van der Waals surface area contributed by atoms with Gasteiger partial charge < -0.3 is 29.9 Å². The number of allylic oxidation sites excluding steroid dienone is 4. The fourth-order valence-corrected chi connectivity index (χ4v) is 3.42. The summed E-state index contributed by atoms with van der Waals surface area (Å²) in [5.74, 6) is -0.407. The Kier molecular flexibility index (Phi) is 15.5. The second kappa shape index (κ2) is 17.3. The van der Waals surface area contributed by atoms with Crippen LogP contribution in [0.25, 0.3) is 0 Å². The number of aliphatic hydroxyl groups excluding tert-OH is 4. The van der Waals surface area contributed by atoms with E-state index in [1.807, 2.05) is 0 Å². The Morgan fingerprint density at radius 2 is 1.39 bits per heavy atom. The summed E-state index contributed by atoms with van der Waals surface area (Å²) in [6, 6.07) is 0. The molecular weight excluding hydrogens is 400 g/mol. The molecule has 0 saturated carbocycles. The van der Waals surface area contributed by atoms with Gasteiger partial charge in [-0.05, 0) is 32.1 Å². The van der Waals surface area contributed by atoms with Crippen molar-refractivity contribution >= 4 is 5.97 Å². The van der Waals surface area contributed by atoms with Crippen LogP contribution in [0.1, 0.15) is 84.0 Å². The van der Waals surface area contributed by atoms with Crippen LogP contribution in [0.2, 0.25) is 0 Å². The van der Waals surface area contributed by atoms with Crippen molar-refractivity contribution in [1.82, 2.24) is 0 Å². The zero-order chi connectivity index (χ0) is 22.9. The van der Waals surface area contributed by atoms with E-state index in [0.717, 1.165) is 44.9 Å². The maximum absolute atomic E-state index is 11.8. The average Bonchev–Trinajstić information content (AvgIpc) is 2.76. The van der Waals surface area contributed by atoms with Crippen LogP contribution in [-0.4, -0.2) is 63.7 Å². The molecule has 4 N–H and O–H groups in total. The van der Waals surface area contributed by atoms with Gasteiger partial charge in [0.25, 0.3) is 0 Å². The molecule has 1 fully saturated rings. The van der Waals surface area contributed by atoms with Crippen LogP contribution in [0.5, 0.6) is 0 Å². The van der Waals surface area contributed by atoms with Gasteiger partial charge in [-0.1, -0.05) is 69.8 Å². The van der Waals surface area contributed by atoms with Crippen LogP contribution in [0.15, 0.2) is 24.3 Å². The van der Waals surface area contributed by atoms with Gasteiger partial charge in [0.05, 0.1) is 0 Å². The third-order valence-electron chi connectivity index (χ3n) is 5.46. The number of ether oxygens (including phenoxy) is 2. The summed E-state index contributed by atoms with van der Waals surface area (Å²) in [4.78, 5) is 11.8. The van der Waals surface area contributed by atoms with Crippen LogP contribution < -0.4 is 0 Å². The van der Waals surface area contributed by atoms with Crippen molar-refractivity contribution in [2.24, 2.45) is 0 Å². The van der Waals surface area contributed by atoms with Gasteiger partial charge >= 0.3 is 5.97 Å². The molecule has 31 heavy (non-hydrogen) atoms. The van der Waals surface area contributed by atoms with Gasteiger partial charge in [0.15, 0.2) is 6.29 Å². The number of rotatable bonds is 16. The highest BCUT2D eigenvalue weighted by Crippen LogP contribution is 2.20. The first-order valence-corrected chi connectivity index (χ1v) is 11.8. The van der Waals surface area contributed by atoms with E-state index in [1.54, 1.807) is 0 Å². The minimum atomic E-state index is -1.62. The molecule has 0 amide bonds. The van der Waals surface area contributed by atoms with Crippen molar-refractivity contribution in [3.63, 3.8) is 0 Å². The SMILES string of the molecule is CCCCCC/C=C/C=C\CCCCCCCC(=O)OC[C@H]1OC(O)[C@H](O)[C@@H](O)[C@@H]1O. The topological polar surface area (TPSA) is 116 Å². The summed E-state index contributed by atoms with van der Waals surface area (Å²) in [6.45, 7) is 1.95. The van der Waals surface area contributed by atoms with Gasteiger partial charge in [0.1, 0.15) is 31.0 Å². The van der Waals surface area contributed by atoms with E-state index in [-0.39, 0.29) is 13.0 Å². The molecule has 1 rings (SSSR count). The van der Waals surface area contributed by atoms with Crippen molar-refractivity contribution in [2.75, 3.05) is 6.61 Å². The summed E-state index contributed by atoms with van der Waals surface area (Å²) >= 11 is 0. The Morgan fingerprint density at radius 3 is 2.03 bits per heavy atom. The molecule has 1 heterocycles. The van der Waals surface area contributed by atoms with Crippen LogP contribution >= 0.6 is 0 Å². The lowest BCUT2D eigenvalue weighted by Gasteiger charge is -2.37. The Morgan fingerprint density at radius 1 is 0.806 bits per heavy atom. The molecule has 0 aliphatic carbocycles. The molecule has 5 atom stereocenters. The van der Waals surface area contributed by atoms with Crippen LogP contribution in [0.4, 0.5) is 0 Å². The van der Waals surface area contributed by atoms with Crippen LogP contribution in [0.3, 0.4) is 0 Å². The molecule has 0 aromatic rings. The minimum Gasteiger partial charge on any atom is -0.463 e. The number of hydrogen-bond acceptors (Lipinski definition) is 7. The summed E-state index contributed by atoms with van der Waals surface area (Å²) < 4.78 is 10.0. The van der Waals surface area contributed by atoms with Gasteiger partial charge in [-0.25, -0.2) is 0 Å². The quantitative estimate of drug-likeness (QED) is 0.165. The Labute approximate surface area is 186 Å². The molecule has 0 bridgehead atoms. The predicted molar refractivity (Wildman–Crippen MR) is 119 cm³/mol. The van der Waals surface area contributed by atoms with Crippen LogP contribution in [0, 0.1) is 0 Å². The molecule has 0 spiro atoms. The molecular formula is C24H42O7. The number of unbranched alkanes of at least 4 members (excludes halogenated alkanes) is 9. The van der Waals surface area contributed by atoms with E-state index in [0.29, 0.717) is 0 Å². The molecule has 1 unspecified atom stereocenters. The highest BCUT2D eigenvalue weighted by Gasteiger charge is 2.43. The fourth-order valence-electron chi connectivity index (χ4n) is 3.42. The molecule has 180 valence electrons. The van der Waals surface area contributed by atoms with E-state index in [4.69, 9.17) is 9.47 Å². The summed E-state index contributed by atoms with van der Waals surface area (Å²) in [6.07, 6.45) is 14.2. The van der Waals surface area contributed by atoms with Gasteiger partial charge in [0, 0.05) is 6.42 Å². The van der Waals surface area contributed by atoms with Crippen molar-refractivity contribution in [3.8, 4) is 0 Å². The summed E-state index contributed by atoms with van der Waals surface area (Å²) in [7, 11) is 0. The first-order valence-electron chi connectivity index (χ1n) is 11.8. The molecule has 1 aliphatic heterocycles. The highest BCUT2D eigenvalue weighted by molar-refractivity contribution is 5.69. The Balaban J connectivity index is 1.97.